The van der Waals surface area contributed by atoms with Gasteiger partial charge in [-0.25, -0.2) is 4.79 Å². The third kappa shape index (κ3) is 6.69. The Morgan fingerprint density at radius 2 is 1.76 bits per heavy atom. The molecule has 5 rings (SSSR count). The number of amides is 3. The number of aliphatic hydroxyl groups excluding tert-OH is 1. The van der Waals surface area contributed by atoms with Crippen LogP contribution >= 0.6 is 0 Å². The molecular weight excluding hydrogens is 526 g/mol. The first-order valence-corrected chi connectivity index (χ1v) is 13.6. The maximum Gasteiger partial charge on any atom is 0.323 e. The molecule has 3 N–H and O–H groups in total. The number of carbonyl (C=O) groups excluding carboxylic acids is 2. The fraction of sp³-hybridized carbons (Fsp3) is 0.367. The molecule has 41 heavy (non-hydrogen) atoms. The van der Waals surface area contributed by atoms with Crippen molar-refractivity contribution in [2.45, 2.75) is 32.5 Å². The zero-order chi connectivity index (χ0) is 28.9. The quantitative estimate of drug-likeness (QED) is 0.379. The fourth-order valence-corrected chi connectivity index (χ4v) is 4.96. The summed E-state index contributed by atoms with van der Waals surface area (Å²) in [5.41, 5.74) is 2.42. The Labute approximate surface area is 239 Å². The SMILES string of the molecule is C[C@@H]1CN([C@H](C)CO)C(=O)c2cc(NC(=O)Nc3ccc4c(c3)OCO4)ccc2O[C@H]1CN(C)Cc1ccncc1. The number of benzene rings is 2. The highest BCUT2D eigenvalue weighted by Gasteiger charge is 2.33. The summed E-state index contributed by atoms with van der Waals surface area (Å²) in [5.74, 6) is 1.33. The van der Waals surface area contributed by atoms with Gasteiger partial charge in [-0.15, -0.1) is 0 Å². The molecule has 0 spiro atoms. The van der Waals surface area contributed by atoms with E-state index in [1.807, 2.05) is 26.1 Å². The normalized spacial score (nSPS) is 18.7. The van der Waals surface area contributed by atoms with Gasteiger partial charge in [0, 0.05) is 55.4 Å². The number of rotatable bonds is 8. The molecule has 0 fully saturated rings. The summed E-state index contributed by atoms with van der Waals surface area (Å²) in [4.78, 5) is 34.4. The summed E-state index contributed by atoms with van der Waals surface area (Å²) in [5, 5.41) is 15.5. The molecule has 0 radical (unpaired) electrons. The fourth-order valence-electron chi connectivity index (χ4n) is 4.96. The molecule has 0 bridgehead atoms. The molecule has 3 amide bonds. The van der Waals surface area contributed by atoms with E-state index < -0.39 is 12.1 Å². The van der Waals surface area contributed by atoms with Crippen molar-refractivity contribution in [3.05, 3.63) is 72.1 Å². The van der Waals surface area contributed by atoms with Crippen molar-refractivity contribution in [3.8, 4) is 17.2 Å². The molecule has 216 valence electrons. The Balaban J connectivity index is 1.34. The van der Waals surface area contributed by atoms with Gasteiger partial charge in [0.05, 0.1) is 18.2 Å². The number of urea groups is 1. The van der Waals surface area contributed by atoms with Crippen LogP contribution in [-0.2, 0) is 6.54 Å². The average Bonchev–Trinajstić information content (AvgIpc) is 3.43. The van der Waals surface area contributed by atoms with Crippen LogP contribution in [0.15, 0.2) is 60.9 Å². The van der Waals surface area contributed by atoms with Crippen LogP contribution in [0.1, 0.15) is 29.8 Å². The molecule has 2 aromatic carbocycles. The Morgan fingerprint density at radius 1 is 1.07 bits per heavy atom. The molecule has 3 aromatic rings. The minimum absolute atomic E-state index is 0.00808. The lowest BCUT2D eigenvalue weighted by atomic mass is 9.99. The lowest BCUT2D eigenvalue weighted by molar-refractivity contribution is 0.0341. The number of nitrogens with zero attached hydrogens (tertiary/aromatic N) is 3. The number of anilines is 2. The minimum atomic E-state index is -0.479. The van der Waals surface area contributed by atoms with Crippen LogP contribution in [0.2, 0.25) is 0 Å². The number of hydrogen-bond acceptors (Lipinski definition) is 8. The van der Waals surface area contributed by atoms with E-state index in [0.717, 1.165) is 12.1 Å². The number of ether oxygens (including phenoxy) is 3. The highest BCUT2D eigenvalue weighted by molar-refractivity contribution is 6.02. The van der Waals surface area contributed by atoms with Gasteiger partial charge in [-0.2, -0.15) is 0 Å². The number of nitrogens with one attached hydrogen (secondary N) is 2. The topological polar surface area (TPSA) is 125 Å². The Kier molecular flexibility index (Phi) is 8.55. The van der Waals surface area contributed by atoms with Crippen LogP contribution in [0.25, 0.3) is 0 Å². The molecule has 0 saturated heterocycles. The number of carbonyl (C=O) groups is 2. The lowest BCUT2D eigenvalue weighted by Crippen LogP contribution is -2.49. The zero-order valence-electron chi connectivity index (χ0n) is 23.4. The molecule has 2 aliphatic rings. The molecule has 1 aromatic heterocycles. The second-order valence-electron chi connectivity index (χ2n) is 10.5. The van der Waals surface area contributed by atoms with Crippen LogP contribution in [0.4, 0.5) is 16.2 Å². The number of aliphatic hydroxyl groups is 1. The Bertz CT molecular complexity index is 1390. The van der Waals surface area contributed by atoms with E-state index in [-0.39, 0.29) is 31.3 Å². The van der Waals surface area contributed by atoms with Gasteiger partial charge in [0.1, 0.15) is 11.9 Å². The molecule has 2 aliphatic heterocycles. The van der Waals surface area contributed by atoms with Crippen LogP contribution in [0.5, 0.6) is 17.2 Å². The smallest absolute Gasteiger partial charge is 0.323 e. The first-order valence-electron chi connectivity index (χ1n) is 13.6. The van der Waals surface area contributed by atoms with Crippen molar-refractivity contribution in [2.24, 2.45) is 5.92 Å². The molecule has 11 heteroatoms. The largest absolute Gasteiger partial charge is 0.488 e. The summed E-state index contributed by atoms with van der Waals surface area (Å²) >= 11 is 0. The van der Waals surface area contributed by atoms with Gasteiger partial charge < -0.3 is 34.9 Å². The predicted octanol–water partition coefficient (Wildman–Crippen LogP) is 3.81. The molecule has 0 aliphatic carbocycles. The standard InChI is InChI=1S/C30H35N5O6/c1-19-14-35(20(2)17-36)29(37)24-12-22(32-30(38)33-23-5-7-26-27(13-23)40-18-39-26)4-6-25(24)41-28(19)16-34(3)15-21-8-10-31-11-9-21/h4-13,19-20,28,36H,14-18H2,1-3H3,(H2,32,33,38)/t19-,20-,28+/m1/s1. The summed E-state index contributed by atoms with van der Waals surface area (Å²) in [7, 11) is 2.03. The van der Waals surface area contributed by atoms with E-state index in [2.05, 4.69) is 27.4 Å². The van der Waals surface area contributed by atoms with Crippen LogP contribution in [-0.4, -0.2) is 77.5 Å². The van der Waals surface area contributed by atoms with Crippen molar-refractivity contribution < 1.29 is 28.9 Å². The second-order valence-corrected chi connectivity index (χ2v) is 10.5. The lowest BCUT2D eigenvalue weighted by Gasteiger charge is -2.38. The van der Waals surface area contributed by atoms with Crippen molar-refractivity contribution in [3.63, 3.8) is 0 Å². The van der Waals surface area contributed by atoms with Gasteiger partial charge in [0.25, 0.3) is 5.91 Å². The highest BCUT2D eigenvalue weighted by atomic mass is 16.7. The van der Waals surface area contributed by atoms with E-state index in [4.69, 9.17) is 14.2 Å². The molecule has 3 atom stereocenters. The van der Waals surface area contributed by atoms with Crippen LogP contribution < -0.4 is 24.8 Å². The van der Waals surface area contributed by atoms with Gasteiger partial charge in [0.2, 0.25) is 6.79 Å². The first kappa shape index (κ1) is 28.2. The Hall–Kier alpha value is -4.35. The first-order chi connectivity index (χ1) is 19.8. The average molecular weight is 562 g/mol. The van der Waals surface area contributed by atoms with E-state index in [0.29, 0.717) is 47.3 Å². The number of likely N-dealkylation sites (N-methyl/N-ethyl adjacent to an activating group) is 1. The third-order valence-electron chi connectivity index (χ3n) is 7.25. The van der Waals surface area contributed by atoms with Crippen LogP contribution in [0.3, 0.4) is 0 Å². The summed E-state index contributed by atoms with van der Waals surface area (Å²) in [6.07, 6.45) is 3.32. The molecule has 11 nitrogen and oxygen atoms in total. The van der Waals surface area contributed by atoms with Gasteiger partial charge >= 0.3 is 6.03 Å². The zero-order valence-corrected chi connectivity index (χ0v) is 23.4. The predicted molar refractivity (Wildman–Crippen MR) is 153 cm³/mol. The van der Waals surface area contributed by atoms with Gasteiger partial charge in [-0.1, -0.05) is 6.92 Å². The number of aromatic nitrogens is 1. The maximum atomic E-state index is 13.7. The molecule has 0 unspecified atom stereocenters. The number of hydrogen-bond donors (Lipinski definition) is 3. The summed E-state index contributed by atoms with van der Waals surface area (Å²) in [6.45, 7) is 5.60. The number of pyridine rings is 1. The summed E-state index contributed by atoms with van der Waals surface area (Å²) < 4.78 is 17.2. The third-order valence-corrected chi connectivity index (χ3v) is 7.25. The maximum absolute atomic E-state index is 13.7. The molecule has 3 heterocycles. The van der Waals surface area contributed by atoms with E-state index in [9.17, 15) is 14.7 Å². The van der Waals surface area contributed by atoms with Gasteiger partial charge in [-0.3, -0.25) is 14.7 Å². The molecular formula is C30H35N5O6. The molecule has 0 saturated carbocycles. The monoisotopic (exact) mass is 561 g/mol. The second kappa shape index (κ2) is 12.4. The van der Waals surface area contributed by atoms with Crippen molar-refractivity contribution in [1.82, 2.24) is 14.8 Å². The highest BCUT2D eigenvalue weighted by Crippen LogP contribution is 2.34. The van der Waals surface area contributed by atoms with Crippen LogP contribution in [0, 0.1) is 5.92 Å². The summed E-state index contributed by atoms with van der Waals surface area (Å²) in [6, 6.07) is 13.2. The van der Waals surface area contributed by atoms with Gasteiger partial charge in [-0.05, 0) is 62.0 Å². The van der Waals surface area contributed by atoms with Crippen molar-refractivity contribution in [2.75, 3.05) is 44.2 Å². The minimum Gasteiger partial charge on any atom is -0.488 e. The van der Waals surface area contributed by atoms with E-state index in [1.165, 1.54) is 0 Å². The van der Waals surface area contributed by atoms with E-state index in [1.54, 1.807) is 53.7 Å². The number of fused-ring (bicyclic) bond motifs is 2. The Morgan fingerprint density at radius 3 is 2.49 bits per heavy atom. The van der Waals surface area contributed by atoms with E-state index >= 15 is 0 Å². The van der Waals surface area contributed by atoms with Crippen molar-refractivity contribution >= 4 is 23.3 Å². The van der Waals surface area contributed by atoms with Gasteiger partial charge in [0.15, 0.2) is 11.5 Å². The van der Waals surface area contributed by atoms with Crippen molar-refractivity contribution in [1.29, 1.82) is 0 Å².